The third kappa shape index (κ3) is 4.11. The molecule has 0 unspecified atom stereocenters. The van der Waals surface area contributed by atoms with E-state index in [0.29, 0.717) is 5.69 Å². The maximum absolute atomic E-state index is 10.5. The van der Waals surface area contributed by atoms with Crippen LogP contribution in [-0.2, 0) is 0 Å². The Labute approximate surface area is 162 Å². The second-order valence-electron chi connectivity index (χ2n) is 5.43. The van der Waals surface area contributed by atoms with E-state index in [9.17, 15) is 4.79 Å². The van der Waals surface area contributed by atoms with Crippen LogP contribution in [0, 0.1) is 6.92 Å². The van der Waals surface area contributed by atoms with Crippen LogP contribution in [0.15, 0.2) is 69.6 Å². The van der Waals surface area contributed by atoms with Crippen LogP contribution < -0.4 is 0 Å². The lowest BCUT2D eigenvalue weighted by atomic mass is 10.2. The molecule has 0 N–H and O–H groups in total. The first-order chi connectivity index (χ1) is 12.1. The number of benzene rings is 2. The van der Waals surface area contributed by atoms with Gasteiger partial charge in [0, 0.05) is 25.4 Å². The molecular weight excluding hydrogens is 444 g/mol. The molecule has 0 spiro atoms. The molecule has 4 aromatic rings. The quantitative estimate of drug-likeness (QED) is 0.323. The number of aldehydes is 1. The van der Waals surface area contributed by atoms with Gasteiger partial charge in [0.15, 0.2) is 6.29 Å². The largest absolute Gasteiger partial charge is 0.296 e. The summed E-state index contributed by atoms with van der Waals surface area (Å²) in [6.07, 6.45) is 0.747. The third-order valence-electron chi connectivity index (χ3n) is 3.60. The molecule has 0 radical (unpaired) electrons. The van der Waals surface area contributed by atoms with E-state index in [1.165, 1.54) is 5.39 Å². The fourth-order valence-corrected chi connectivity index (χ4v) is 3.71. The van der Waals surface area contributed by atoms with Crippen LogP contribution in [0.2, 0.25) is 0 Å². The van der Waals surface area contributed by atoms with Gasteiger partial charge in [0.1, 0.15) is 5.69 Å². The fraction of sp³-hybridized carbons (Fsp3) is 0.0500. The second kappa shape index (κ2) is 7.85. The lowest BCUT2D eigenvalue weighted by Crippen LogP contribution is -1.88. The molecule has 0 saturated heterocycles. The molecule has 2 aromatic heterocycles. The van der Waals surface area contributed by atoms with Crippen molar-refractivity contribution in [3.63, 3.8) is 0 Å². The molecule has 5 heteroatoms. The molecule has 25 heavy (non-hydrogen) atoms. The van der Waals surface area contributed by atoms with E-state index < -0.39 is 0 Å². The van der Waals surface area contributed by atoms with Crippen molar-refractivity contribution in [2.24, 2.45) is 0 Å². The maximum Gasteiger partial charge on any atom is 0.168 e. The number of nitrogens with zero attached hydrogens (tertiary/aromatic N) is 2. The highest BCUT2D eigenvalue weighted by Crippen LogP contribution is 2.23. The van der Waals surface area contributed by atoms with Gasteiger partial charge in [-0.05, 0) is 31.2 Å². The van der Waals surface area contributed by atoms with Gasteiger partial charge in [0.05, 0.1) is 11.0 Å². The first-order valence-electron chi connectivity index (χ1n) is 7.61. The zero-order valence-corrected chi connectivity index (χ0v) is 16.6. The van der Waals surface area contributed by atoms with Crippen LogP contribution in [0.1, 0.15) is 16.2 Å². The topological polar surface area (TPSA) is 42.9 Å². The summed E-state index contributed by atoms with van der Waals surface area (Å²) >= 11 is 6.90. The second-order valence-corrected chi connectivity index (χ2v) is 7.14. The summed E-state index contributed by atoms with van der Waals surface area (Å²) < 4.78 is 2.02. The van der Waals surface area contributed by atoms with Crippen LogP contribution in [0.4, 0.5) is 0 Å². The van der Waals surface area contributed by atoms with Gasteiger partial charge >= 0.3 is 0 Å². The van der Waals surface area contributed by atoms with E-state index in [4.69, 9.17) is 0 Å². The van der Waals surface area contributed by atoms with Gasteiger partial charge < -0.3 is 0 Å². The summed E-state index contributed by atoms with van der Waals surface area (Å²) in [4.78, 5) is 19.1. The van der Waals surface area contributed by atoms with Crippen molar-refractivity contribution in [3.05, 3.63) is 81.0 Å². The van der Waals surface area contributed by atoms with Crippen molar-refractivity contribution in [1.29, 1.82) is 0 Å². The predicted octanol–water partition coefficient (Wildman–Crippen LogP) is 6.12. The number of halogens is 2. The zero-order valence-electron chi connectivity index (χ0n) is 13.4. The number of para-hydroxylation sites is 2. The SMILES string of the molecule is Cc1cc(Br)c2ccccc2n1.O=Cc1cc(Br)c2ccccc2n1. The molecule has 124 valence electrons. The van der Waals surface area contributed by atoms with Crippen LogP contribution in [0.25, 0.3) is 21.8 Å². The molecule has 0 aliphatic carbocycles. The van der Waals surface area contributed by atoms with Crippen molar-refractivity contribution in [1.82, 2.24) is 9.97 Å². The van der Waals surface area contributed by atoms with Crippen LogP contribution in [-0.4, -0.2) is 16.3 Å². The summed E-state index contributed by atoms with van der Waals surface area (Å²) in [6.45, 7) is 2.00. The molecule has 0 aliphatic rings. The van der Waals surface area contributed by atoms with Crippen molar-refractivity contribution in [2.75, 3.05) is 0 Å². The van der Waals surface area contributed by atoms with Gasteiger partial charge in [0.2, 0.25) is 0 Å². The third-order valence-corrected chi connectivity index (χ3v) is 4.91. The molecule has 2 heterocycles. The predicted molar refractivity (Wildman–Crippen MR) is 109 cm³/mol. The van der Waals surface area contributed by atoms with Crippen molar-refractivity contribution in [3.8, 4) is 0 Å². The van der Waals surface area contributed by atoms with E-state index in [2.05, 4.69) is 47.9 Å². The fourth-order valence-electron chi connectivity index (χ4n) is 2.47. The van der Waals surface area contributed by atoms with Gasteiger partial charge in [-0.3, -0.25) is 9.78 Å². The molecule has 0 amide bonds. The van der Waals surface area contributed by atoms with Gasteiger partial charge in [-0.25, -0.2) is 4.98 Å². The molecule has 0 saturated carbocycles. The highest BCUT2D eigenvalue weighted by molar-refractivity contribution is 9.11. The van der Waals surface area contributed by atoms with E-state index in [1.807, 2.05) is 55.5 Å². The summed E-state index contributed by atoms with van der Waals surface area (Å²) in [5.41, 5.74) is 3.37. The standard InChI is InChI=1S/C10H6BrNO.C10H8BrN/c11-9-5-7(6-13)12-10-4-2-1-3-8(9)10;1-7-6-9(11)8-4-2-3-5-10(8)12-7/h1-6H;2-6H,1H3. The number of aromatic nitrogens is 2. The minimum atomic E-state index is 0.450. The number of pyridine rings is 2. The Morgan fingerprint density at radius 3 is 1.92 bits per heavy atom. The summed E-state index contributed by atoms with van der Waals surface area (Å²) in [5.74, 6) is 0. The minimum absolute atomic E-state index is 0.450. The molecule has 3 nitrogen and oxygen atoms in total. The zero-order chi connectivity index (χ0) is 17.8. The van der Waals surface area contributed by atoms with Gasteiger partial charge in [-0.1, -0.05) is 68.3 Å². The monoisotopic (exact) mass is 456 g/mol. The Morgan fingerprint density at radius 1 is 0.800 bits per heavy atom. The van der Waals surface area contributed by atoms with Gasteiger partial charge in [0.25, 0.3) is 0 Å². The average Bonchev–Trinajstić information content (AvgIpc) is 2.62. The number of fused-ring (bicyclic) bond motifs is 2. The van der Waals surface area contributed by atoms with E-state index in [0.717, 1.165) is 37.3 Å². The Bertz CT molecular complexity index is 1060. The summed E-state index contributed by atoms with van der Waals surface area (Å²) in [7, 11) is 0. The lowest BCUT2D eigenvalue weighted by molar-refractivity contribution is 0.111. The van der Waals surface area contributed by atoms with Crippen molar-refractivity contribution < 1.29 is 4.79 Å². The molecule has 4 rings (SSSR count). The number of carbonyl (C=O) groups is 1. The number of aryl methyl sites for hydroxylation is 1. The molecule has 0 aliphatic heterocycles. The maximum atomic E-state index is 10.5. The Balaban J connectivity index is 0.000000146. The molecule has 0 bridgehead atoms. The molecule has 2 aromatic carbocycles. The first-order valence-corrected chi connectivity index (χ1v) is 9.19. The molecule has 0 atom stereocenters. The highest BCUT2D eigenvalue weighted by atomic mass is 79.9. The number of hydrogen-bond donors (Lipinski definition) is 0. The molecular formula is C20H14Br2N2O. The van der Waals surface area contributed by atoms with Crippen LogP contribution in [0.5, 0.6) is 0 Å². The summed E-state index contributed by atoms with van der Waals surface area (Å²) in [5, 5.41) is 2.19. The Kier molecular flexibility index (Phi) is 5.56. The highest BCUT2D eigenvalue weighted by Gasteiger charge is 2.01. The van der Waals surface area contributed by atoms with Gasteiger partial charge in [-0.2, -0.15) is 0 Å². The van der Waals surface area contributed by atoms with Gasteiger partial charge in [-0.15, -0.1) is 0 Å². The van der Waals surface area contributed by atoms with E-state index in [1.54, 1.807) is 6.07 Å². The van der Waals surface area contributed by atoms with Crippen LogP contribution >= 0.6 is 31.9 Å². The first kappa shape index (κ1) is 17.7. The van der Waals surface area contributed by atoms with Crippen molar-refractivity contribution >= 4 is 60.0 Å². The smallest absolute Gasteiger partial charge is 0.168 e. The summed E-state index contributed by atoms with van der Waals surface area (Å²) in [6, 6.07) is 19.5. The normalized spacial score (nSPS) is 10.4. The van der Waals surface area contributed by atoms with Crippen molar-refractivity contribution in [2.45, 2.75) is 6.92 Å². The van der Waals surface area contributed by atoms with E-state index >= 15 is 0 Å². The Hall–Kier alpha value is -2.11. The minimum Gasteiger partial charge on any atom is -0.296 e. The lowest BCUT2D eigenvalue weighted by Gasteiger charge is -2.00. The molecule has 0 fully saturated rings. The number of carbonyl (C=O) groups excluding carboxylic acids is 1. The number of hydrogen-bond acceptors (Lipinski definition) is 3. The van der Waals surface area contributed by atoms with Crippen LogP contribution in [0.3, 0.4) is 0 Å². The Morgan fingerprint density at radius 2 is 1.32 bits per heavy atom. The average molecular weight is 458 g/mol. The van der Waals surface area contributed by atoms with E-state index in [-0.39, 0.29) is 0 Å². The number of rotatable bonds is 1.